The zero-order valence-electron chi connectivity index (χ0n) is 5.38. The van der Waals surface area contributed by atoms with Crippen LogP contribution in [0.25, 0.3) is 0 Å². The van der Waals surface area contributed by atoms with Gasteiger partial charge in [0, 0.05) is 0 Å². The quantitative estimate of drug-likeness (QED) is 0.459. The fourth-order valence-corrected chi connectivity index (χ4v) is 0.725. The normalized spacial score (nSPS) is 10.1. The third-order valence-corrected chi connectivity index (χ3v) is 1.27. The molecular weight excluding hydrogens is 112 g/mol. The minimum absolute atomic E-state index is 0.159. The molecule has 0 radical (unpaired) electrons. The number of rotatable bonds is 1. The van der Waals surface area contributed by atoms with Crippen molar-refractivity contribution in [2.75, 3.05) is 0 Å². The number of hydrogen-bond acceptors (Lipinski definition) is 0. The third kappa shape index (κ3) is 1.52. The molecule has 0 atom stereocenters. The Morgan fingerprint density at radius 2 is 1.56 bits per heavy atom. The Kier molecular flexibility index (Phi) is 1.82. The van der Waals surface area contributed by atoms with Crippen molar-refractivity contribution in [3.05, 3.63) is 35.9 Å². The highest BCUT2D eigenvalue weighted by Gasteiger charge is 2.01. The maximum absolute atomic E-state index is 3.80. The second-order valence-electron chi connectivity index (χ2n) is 2.11. The lowest BCUT2D eigenvalue weighted by Gasteiger charge is -1.95. The number of hydrogen-bond donors (Lipinski definition) is 2. The van der Waals surface area contributed by atoms with Crippen LogP contribution in [0, 0.1) is 0 Å². The van der Waals surface area contributed by atoms with E-state index in [0.29, 0.717) is 0 Å². The van der Waals surface area contributed by atoms with Crippen molar-refractivity contribution in [1.82, 2.24) is 0 Å². The molecule has 9 heavy (non-hydrogen) atoms. The molecule has 0 heterocycles. The average Bonchev–Trinajstić information content (AvgIpc) is 1.90. The van der Waals surface area contributed by atoms with E-state index < -0.39 is 0 Å². The molecule has 0 saturated heterocycles. The molecule has 0 bridgehead atoms. The maximum atomic E-state index is 3.80. The van der Waals surface area contributed by atoms with Crippen LogP contribution in [0.3, 0.4) is 0 Å². The van der Waals surface area contributed by atoms with E-state index in [0.717, 1.165) is 0 Å². The largest absolute Gasteiger partial charge is 0.305 e. The van der Waals surface area contributed by atoms with Crippen molar-refractivity contribution in [1.29, 1.82) is 0 Å². The molecule has 0 unspecified atom stereocenters. The van der Waals surface area contributed by atoms with Gasteiger partial charge in [0.1, 0.15) is 0 Å². The first-order valence-electron chi connectivity index (χ1n) is 3.02. The molecular formula is C7H12N2+2. The standard InChI is InChI=1S/C7H10N2/c8-7(9)6-4-2-1-3-5-6/h1-5,7H,8-9H2/p+2. The molecule has 0 amide bonds. The van der Waals surface area contributed by atoms with Gasteiger partial charge in [0.05, 0.1) is 5.56 Å². The summed E-state index contributed by atoms with van der Waals surface area (Å²) in [6.45, 7) is 0. The first-order valence-corrected chi connectivity index (χ1v) is 3.02. The second kappa shape index (κ2) is 2.62. The zero-order chi connectivity index (χ0) is 6.69. The predicted octanol–water partition coefficient (Wildman–Crippen LogP) is -0.831. The third-order valence-electron chi connectivity index (χ3n) is 1.27. The van der Waals surface area contributed by atoms with Crippen LogP contribution >= 0.6 is 0 Å². The van der Waals surface area contributed by atoms with E-state index in [1.807, 2.05) is 30.3 Å². The maximum Gasteiger partial charge on any atom is 0.233 e. The minimum Gasteiger partial charge on any atom is -0.305 e. The molecule has 2 nitrogen and oxygen atoms in total. The van der Waals surface area contributed by atoms with Gasteiger partial charge in [-0.15, -0.1) is 0 Å². The van der Waals surface area contributed by atoms with Crippen LogP contribution in [0.1, 0.15) is 11.7 Å². The van der Waals surface area contributed by atoms with Gasteiger partial charge in [0.15, 0.2) is 0 Å². The van der Waals surface area contributed by atoms with Crippen molar-refractivity contribution in [3.63, 3.8) is 0 Å². The van der Waals surface area contributed by atoms with Crippen molar-refractivity contribution in [2.45, 2.75) is 6.17 Å². The Hall–Kier alpha value is -0.860. The van der Waals surface area contributed by atoms with E-state index in [2.05, 4.69) is 11.5 Å². The highest BCUT2D eigenvalue weighted by molar-refractivity contribution is 5.14. The van der Waals surface area contributed by atoms with Gasteiger partial charge in [-0.05, 0) is 12.1 Å². The molecule has 48 valence electrons. The molecule has 2 heteroatoms. The van der Waals surface area contributed by atoms with Gasteiger partial charge >= 0.3 is 0 Å². The molecule has 1 aromatic rings. The fraction of sp³-hybridized carbons (Fsp3) is 0.143. The molecule has 1 rings (SSSR count). The van der Waals surface area contributed by atoms with E-state index in [1.54, 1.807) is 0 Å². The SMILES string of the molecule is [NH3+]C([NH3+])c1ccccc1. The van der Waals surface area contributed by atoms with Gasteiger partial charge in [0.25, 0.3) is 0 Å². The lowest BCUT2D eigenvalue weighted by atomic mass is 10.2. The van der Waals surface area contributed by atoms with Crippen LogP contribution in [0.15, 0.2) is 30.3 Å². The summed E-state index contributed by atoms with van der Waals surface area (Å²) in [5.41, 5.74) is 8.79. The van der Waals surface area contributed by atoms with Crippen LogP contribution in [0.5, 0.6) is 0 Å². The molecule has 0 aliphatic carbocycles. The highest BCUT2D eigenvalue weighted by Crippen LogP contribution is 1.98. The molecule has 0 aliphatic heterocycles. The lowest BCUT2D eigenvalue weighted by Crippen LogP contribution is -2.76. The summed E-state index contributed by atoms with van der Waals surface area (Å²) in [6, 6.07) is 10.1. The topological polar surface area (TPSA) is 55.3 Å². The van der Waals surface area contributed by atoms with Crippen LogP contribution < -0.4 is 11.5 Å². The summed E-state index contributed by atoms with van der Waals surface area (Å²) in [5, 5.41) is 0. The highest BCUT2D eigenvalue weighted by atomic mass is 14.8. The van der Waals surface area contributed by atoms with Crippen LogP contribution in [-0.4, -0.2) is 0 Å². The lowest BCUT2D eigenvalue weighted by molar-refractivity contribution is -0.668. The monoisotopic (exact) mass is 124 g/mol. The Bertz CT molecular complexity index is 170. The molecule has 6 N–H and O–H groups in total. The van der Waals surface area contributed by atoms with Crippen LogP contribution in [0.2, 0.25) is 0 Å². The molecule has 0 saturated carbocycles. The van der Waals surface area contributed by atoms with E-state index in [1.165, 1.54) is 5.56 Å². The Morgan fingerprint density at radius 3 is 1.89 bits per heavy atom. The van der Waals surface area contributed by atoms with Gasteiger partial charge in [-0.25, -0.2) is 0 Å². The van der Waals surface area contributed by atoms with Gasteiger partial charge < -0.3 is 11.5 Å². The summed E-state index contributed by atoms with van der Waals surface area (Å²) >= 11 is 0. The van der Waals surface area contributed by atoms with E-state index in [-0.39, 0.29) is 6.17 Å². The smallest absolute Gasteiger partial charge is 0.233 e. The fourth-order valence-electron chi connectivity index (χ4n) is 0.725. The van der Waals surface area contributed by atoms with E-state index >= 15 is 0 Å². The van der Waals surface area contributed by atoms with Gasteiger partial charge in [-0.2, -0.15) is 0 Å². The van der Waals surface area contributed by atoms with Crippen molar-refractivity contribution < 1.29 is 11.5 Å². The summed E-state index contributed by atoms with van der Waals surface area (Å²) in [4.78, 5) is 0. The van der Waals surface area contributed by atoms with Gasteiger partial charge in [-0.3, -0.25) is 0 Å². The number of benzene rings is 1. The van der Waals surface area contributed by atoms with Gasteiger partial charge in [-0.1, -0.05) is 18.2 Å². The number of quaternary nitrogens is 2. The van der Waals surface area contributed by atoms with E-state index in [4.69, 9.17) is 0 Å². The van der Waals surface area contributed by atoms with Crippen molar-refractivity contribution in [2.24, 2.45) is 0 Å². The Morgan fingerprint density at radius 1 is 1.00 bits per heavy atom. The molecule has 0 aliphatic rings. The van der Waals surface area contributed by atoms with Crippen molar-refractivity contribution in [3.8, 4) is 0 Å². The molecule has 0 aromatic heterocycles. The Labute approximate surface area is 54.5 Å². The molecule has 0 spiro atoms. The predicted molar refractivity (Wildman–Crippen MR) is 35.0 cm³/mol. The minimum atomic E-state index is 0.159. The second-order valence-corrected chi connectivity index (χ2v) is 2.11. The summed E-state index contributed by atoms with van der Waals surface area (Å²) in [6.07, 6.45) is 0.159. The van der Waals surface area contributed by atoms with Crippen LogP contribution in [-0.2, 0) is 0 Å². The Balaban J connectivity index is 2.85. The zero-order valence-corrected chi connectivity index (χ0v) is 5.38. The molecule has 0 fully saturated rings. The van der Waals surface area contributed by atoms with Gasteiger partial charge in [0.2, 0.25) is 6.17 Å². The summed E-state index contributed by atoms with van der Waals surface area (Å²) < 4.78 is 0. The first kappa shape index (κ1) is 6.26. The summed E-state index contributed by atoms with van der Waals surface area (Å²) in [5.74, 6) is 0. The summed E-state index contributed by atoms with van der Waals surface area (Å²) in [7, 11) is 0. The van der Waals surface area contributed by atoms with Crippen LogP contribution in [0.4, 0.5) is 0 Å². The average molecular weight is 124 g/mol. The van der Waals surface area contributed by atoms with E-state index in [9.17, 15) is 0 Å². The first-order chi connectivity index (χ1) is 4.30. The van der Waals surface area contributed by atoms with Crippen molar-refractivity contribution >= 4 is 0 Å². The molecule has 1 aromatic carbocycles.